The van der Waals surface area contributed by atoms with Crippen molar-refractivity contribution in [3.8, 4) is 16.9 Å². The second-order valence-electron chi connectivity index (χ2n) is 9.17. The van der Waals surface area contributed by atoms with Crippen LogP contribution in [0.15, 0.2) is 72.8 Å². The molecule has 0 bridgehead atoms. The molecule has 0 fully saturated rings. The molecule has 0 unspecified atom stereocenters. The number of methoxy groups -OCH3 is 1. The lowest BCUT2D eigenvalue weighted by Gasteiger charge is -2.19. The summed E-state index contributed by atoms with van der Waals surface area (Å²) in [6.45, 7) is 5.76. The lowest BCUT2D eigenvalue weighted by atomic mass is 9.98. The molecule has 0 aliphatic rings. The summed E-state index contributed by atoms with van der Waals surface area (Å²) in [6, 6.07) is 22.9. The van der Waals surface area contributed by atoms with Gasteiger partial charge in [-0.2, -0.15) is 0 Å². The molecule has 0 aliphatic heterocycles. The highest BCUT2D eigenvalue weighted by molar-refractivity contribution is 6.08. The van der Waals surface area contributed by atoms with Crippen molar-refractivity contribution in [3.05, 3.63) is 89.5 Å². The lowest BCUT2D eigenvalue weighted by Crippen LogP contribution is -2.25. The molecule has 35 heavy (non-hydrogen) atoms. The van der Waals surface area contributed by atoms with E-state index in [9.17, 15) is 9.59 Å². The van der Waals surface area contributed by atoms with Gasteiger partial charge in [-0.1, -0.05) is 54.6 Å². The first-order valence-electron chi connectivity index (χ1n) is 11.4. The zero-order chi connectivity index (χ0) is 25.4. The lowest BCUT2D eigenvalue weighted by molar-refractivity contribution is -0.153. The van der Waals surface area contributed by atoms with Crippen LogP contribution in [0.4, 0.5) is 0 Å². The number of nitrogens with one attached hydrogen (secondary N) is 1. The minimum Gasteiger partial charge on any atom is -0.489 e. The van der Waals surface area contributed by atoms with Crippen LogP contribution in [0.25, 0.3) is 11.1 Å². The average Bonchev–Trinajstić information content (AvgIpc) is 2.82. The molecular formula is C29H31NO5. The summed E-state index contributed by atoms with van der Waals surface area (Å²) in [7, 11) is 1.37. The third kappa shape index (κ3) is 7.81. The quantitative estimate of drug-likeness (QED) is 0.316. The number of hydrogen-bond acceptors (Lipinski definition) is 6. The molecule has 0 aliphatic carbocycles. The van der Waals surface area contributed by atoms with Crippen molar-refractivity contribution in [2.24, 2.45) is 0 Å². The van der Waals surface area contributed by atoms with Crippen LogP contribution in [0.2, 0.25) is 0 Å². The van der Waals surface area contributed by atoms with Crippen molar-refractivity contribution in [1.29, 1.82) is 5.41 Å². The maximum Gasteiger partial charge on any atom is 0.312 e. The van der Waals surface area contributed by atoms with Gasteiger partial charge in [0.1, 0.15) is 18.0 Å². The van der Waals surface area contributed by atoms with E-state index in [1.807, 2.05) is 93.6 Å². The number of benzene rings is 3. The monoisotopic (exact) mass is 473 g/mol. The SMILES string of the molecule is COC(=O)Cc1ccccc1OCc1cccc(-c2cccc(C(=N)CC(=O)OC(C)(C)C)c2)c1. The highest BCUT2D eigenvalue weighted by atomic mass is 16.6. The van der Waals surface area contributed by atoms with E-state index < -0.39 is 11.6 Å². The van der Waals surface area contributed by atoms with Crippen molar-refractivity contribution < 1.29 is 23.8 Å². The zero-order valence-corrected chi connectivity index (χ0v) is 20.6. The number of rotatable bonds is 9. The summed E-state index contributed by atoms with van der Waals surface area (Å²) < 4.78 is 16.1. The van der Waals surface area contributed by atoms with E-state index in [0.717, 1.165) is 22.3 Å². The Balaban J connectivity index is 1.71. The standard InChI is InChI=1S/C29H31NO5/c1-29(2,3)35-28(32)18-25(30)23-13-8-12-22(16-23)21-11-7-9-20(15-21)19-34-26-14-6-5-10-24(26)17-27(31)33-4/h5-16,30H,17-19H2,1-4H3. The molecule has 0 radical (unpaired) electrons. The third-order valence-electron chi connectivity index (χ3n) is 5.14. The minimum atomic E-state index is -0.582. The Labute approximate surface area is 206 Å². The van der Waals surface area contributed by atoms with Crippen LogP contribution in [-0.4, -0.2) is 30.4 Å². The smallest absolute Gasteiger partial charge is 0.312 e. The zero-order valence-electron chi connectivity index (χ0n) is 20.6. The van der Waals surface area contributed by atoms with Crippen LogP contribution in [0.1, 0.15) is 43.9 Å². The topological polar surface area (TPSA) is 85.7 Å². The molecule has 3 aromatic carbocycles. The van der Waals surface area contributed by atoms with E-state index >= 15 is 0 Å². The number of para-hydroxylation sites is 1. The summed E-state index contributed by atoms with van der Waals surface area (Å²) in [5.74, 6) is -0.0967. The molecule has 0 atom stereocenters. The van der Waals surface area contributed by atoms with Gasteiger partial charge in [0, 0.05) is 11.3 Å². The predicted octanol–water partition coefficient (Wildman–Crippen LogP) is 5.75. The molecule has 3 aromatic rings. The van der Waals surface area contributed by atoms with E-state index in [1.54, 1.807) is 0 Å². The number of carbonyl (C=O) groups is 2. The molecule has 6 nitrogen and oxygen atoms in total. The van der Waals surface area contributed by atoms with Crippen LogP contribution < -0.4 is 4.74 Å². The van der Waals surface area contributed by atoms with Gasteiger partial charge in [0.15, 0.2) is 0 Å². The van der Waals surface area contributed by atoms with Gasteiger partial charge < -0.3 is 19.6 Å². The van der Waals surface area contributed by atoms with Crippen LogP contribution in [0, 0.1) is 5.41 Å². The third-order valence-corrected chi connectivity index (χ3v) is 5.14. The molecule has 0 heterocycles. The van der Waals surface area contributed by atoms with Gasteiger partial charge in [0.05, 0.1) is 20.0 Å². The van der Waals surface area contributed by atoms with Gasteiger partial charge >= 0.3 is 11.9 Å². The molecule has 1 N–H and O–H groups in total. The van der Waals surface area contributed by atoms with Crippen LogP contribution in [-0.2, 0) is 32.1 Å². The molecule has 6 heteroatoms. The molecule has 3 rings (SSSR count). The second kappa shape index (κ2) is 11.5. The molecule has 0 spiro atoms. The Morgan fingerprint density at radius 2 is 1.54 bits per heavy atom. The Morgan fingerprint density at radius 1 is 0.857 bits per heavy atom. The van der Waals surface area contributed by atoms with Crippen molar-refractivity contribution in [2.75, 3.05) is 7.11 Å². The first kappa shape index (κ1) is 25.7. The normalized spacial score (nSPS) is 11.0. The summed E-state index contributed by atoms with van der Waals surface area (Å²) in [5.41, 5.74) is 3.94. The van der Waals surface area contributed by atoms with E-state index in [1.165, 1.54) is 7.11 Å². The van der Waals surface area contributed by atoms with Gasteiger partial charge in [-0.25, -0.2) is 0 Å². The second-order valence-corrected chi connectivity index (χ2v) is 9.17. The maximum atomic E-state index is 12.1. The maximum absolute atomic E-state index is 12.1. The van der Waals surface area contributed by atoms with Crippen molar-refractivity contribution in [2.45, 2.75) is 45.8 Å². The summed E-state index contributed by atoms with van der Waals surface area (Å²) in [6.07, 6.45) is 0.0638. The molecule has 0 saturated heterocycles. The first-order valence-corrected chi connectivity index (χ1v) is 11.4. The molecule has 0 amide bonds. The largest absolute Gasteiger partial charge is 0.489 e. The fraction of sp³-hybridized carbons (Fsp3) is 0.276. The van der Waals surface area contributed by atoms with Crippen molar-refractivity contribution in [1.82, 2.24) is 0 Å². The van der Waals surface area contributed by atoms with Crippen molar-refractivity contribution >= 4 is 17.7 Å². The van der Waals surface area contributed by atoms with E-state index in [4.69, 9.17) is 19.6 Å². The van der Waals surface area contributed by atoms with Gasteiger partial charge in [-0.3, -0.25) is 9.59 Å². The van der Waals surface area contributed by atoms with E-state index in [2.05, 4.69) is 0 Å². The molecule has 182 valence electrons. The highest BCUT2D eigenvalue weighted by Crippen LogP contribution is 2.25. The fourth-order valence-electron chi connectivity index (χ4n) is 3.53. The number of carbonyl (C=O) groups excluding carboxylic acids is 2. The van der Waals surface area contributed by atoms with E-state index in [-0.39, 0.29) is 24.5 Å². The van der Waals surface area contributed by atoms with Crippen molar-refractivity contribution in [3.63, 3.8) is 0 Å². The Kier molecular flexibility index (Phi) is 8.42. The first-order chi connectivity index (χ1) is 16.6. The molecule has 0 aromatic heterocycles. The summed E-state index contributed by atoms with van der Waals surface area (Å²) in [5, 5.41) is 8.36. The van der Waals surface area contributed by atoms with Crippen LogP contribution in [0.5, 0.6) is 5.75 Å². The highest BCUT2D eigenvalue weighted by Gasteiger charge is 2.18. The Morgan fingerprint density at radius 3 is 2.26 bits per heavy atom. The Bertz CT molecular complexity index is 1210. The number of esters is 2. The summed E-state index contributed by atoms with van der Waals surface area (Å²) >= 11 is 0. The molecule has 0 saturated carbocycles. The summed E-state index contributed by atoms with van der Waals surface area (Å²) in [4.78, 5) is 23.8. The average molecular weight is 474 g/mol. The van der Waals surface area contributed by atoms with Gasteiger partial charge in [-0.05, 0) is 61.2 Å². The minimum absolute atomic E-state index is 0.0837. The van der Waals surface area contributed by atoms with Gasteiger partial charge in [0.2, 0.25) is 0 Å². The fourth-order valence-corrected chi connectivity index (χ4v) is 3.53. The van der Waals surface area contributed by atoms with Crippen LogP contribution >= 0.6 is 0 Å². The number of ether oxygens (including phenoxy) is 3. The Hall–Kier alpha value is -3.93. The molecular weight excluding hydrogens is 442 g/mol. The van der Waals surface area contributed by atoms with E-state index in [0.29, 0.717) is 17.9 Å². The predicted molar refractivity (Wildman–Crippen MR) is 136 cm³/mol. The van der Waals surface area contributed by atoms with Gasteiger partial charge in [-0.15, -0.1) is 0 Å². The van der Waals surface area contributed by atoms with Gasteiger partial charge in [0.25, 0.3) is 0 Å². The van der Waals surface area contributed by atoms with Crippen LogP contribution in [0.3, 0.4) is 0 Å². The number of hydrogen-bond donors (Lipinski definition) is 1.